The molecule has 3 nitrogen and oxygen atoms in total. The van der Waals surface area contributed by atoms with E-state index in [0.717, 1.165) is 11.4 Å². The third kappa shape index (κ3) is 2.62. The normalized spacial score (nSPS) is 13.5. The van der Waals surface area contributed by atoms with Gasteiger partial charge in [0.25, 0.3) is 0 Å². The zero-order valence-corrected chi connectivity index (χ0v) is 7.59. The largest absolute Gasteiger partial charge is 0.298 e. The summed E-state index contributed by atoms with van der Waals surface area (Å²) in [5.41, 5.74) is 7.24. The molecule has 1 aliphatic rings. The molecule has 0 fully saturated rings. The van der Waals surface area contributed by atoms with Crippen LogP contribution < -0.4 is 10.9 Å². The first-order chi connectivity index (χ1) is 5.88. The molecular formula is C9H15N3. The van der Waals surface area contributed by atoms with Crippen molar-refractivity contribution in [3.05, 3.63) is 36.7 Å². The first-order valence-corrected chi connectivity index (χ1v) is 3.91. The van der Waals surface area contributed by atoms with Gasteiger partial charge in [-0.3, -0.25) is 10.9 Å². The van der Waals surface area contributed by atoms with Gasteiger partial charge < -0.3 is 0 Å². The molecule has 0 atom stereocenters. The Hall–Kier alpha value is -1.51. The third-order valence-corrected chi connectivity index (χ3v) is 1.15. The van der Waals surface area contributed by atoms with Crippen molar-refractivity contribution >= 4 is 6.34 Å². The van der Waals surface area contributed by atoms with Gasteiger partial charge in [-0.2, -0.15) is 0 Å². The molecule has 3 heteroatoms. The molecule has 1 aliphatic heterocycles. The molecule has 0 bridgehead atoms. The van der Waals surface area contributed by atoms with E-state index in [1.807, 2.05) is 13.8 Å². The molecule has 66 valence electrons. The average Bonchev–Trinajstić information content (AvgIpc) is 2.20. The lowest BCUT2D eigenvalue weighted by molar-refractivity contribution is 0.772. The van der Waals surface area contributed by atoms with Gasteiger partial charge in [-0.05, 0) is 12.2 Å². The van der Waals surface area contributed by atoms with Gasteiger partial charge in [0.05, 0.1) is 11.4 Å². The highest BCUT2D eigenvalue weighted by atomic mass is 15.4. The molecule has 1 heterocycles. The lowest BCUT2D eigenvalue weighted by Crippen LogP contribution is -2.32. The van der Waals surface area contributed by atoms with Gasteiger partial charge in [0.1, 0.15) is 6.34 Å². The molecule has 0 saturated carbocycles. The van der Waals surface area contributed by atoms with Crippen molar-refractivity contribution in [1.82, 2.24) is 10.9 Å². The highest BCUT2D eigenvalue weighted by Crippen LogP contribution is 2.05. The second-order valence-corrected chi connectivity index (χ2v) is 1.73. The zero-order valence-electron chi connectivity index (χ0n) is 7.59. The number of hydrogen-bond donors (Lipinski definition) is 2. The molecule has 0 aromatic carbocycles. The van der Waals surface area contributed by atoms with Gasteiger partial charge in [-0.15, -0.1) is 0 Å². The van der Waals surface area contributed by atoms with Gasteiger partial charge in [0, 0.05) is 0 Å². The van der Waals surface area contributed by atoms with Crippen molar-refractivity contribution in [3.8, 4) is 0 Å². The number of allylic oxidation sites excluding steroid dienone is 2. The first kappa shape index (κ1) is 10.5. The fourth-order valence-electron chi connectivity index (χ4n) is 0.664. The van der Waals surface area contributed by atoms with Crippen LogP contribution in [0, 0.1) is 0 Å². The Kier molecular flexibility index (Phi) is 5.43. The summed E-state index contributed by atoms with van der Waals surface area (Å²) in [7, 11) is 0. The fraction of sp³-hybridized carbons (Fsp3) is 0.222. The van der Waals surface area contributed by atoms with Crippen molar-refractivity contribution < 1.29 is 0 Å². The summed E-state index contributed by atoms with van der Waals surface area (Å²) in [6.07, 6.45) is 4.91. The molecular weight excluding hydrogens is 150 g/mol. The quantitative estimate of drug-likeness (QED) is 0.653. The van der Waals surface area contributed by atoms with E-state index in [9.17, 15) is 0 Å². The molecule has 0 amide bonds. The number of rotatable bonds is 2. The molecule has 0 radical (unpaired) electrons. The Morgan fingerprint density at radius 3 is 2.42 bits per heavy atom. The fourth-order valence-corrected chi connectivity index (χ4v) is 0.664. The minimum atomic E-state index is 0.800. The molecule has 0 saturated heterocycles. The van der Waals surface area contributed by atoms with E-state index in [1.165, 1.54) is 0 Å². The smallest absolute Gasteiger partial charge is 0.107 e. The second kappa shape index (κ2) is 6.22. The summed E-state index contributed by atoms with van der Waals surface area (Å²) in [6, 6.07) is 0. The van der Waals surface area contributed by atoms with Crippen molar-refractivity contribution in [2.24, 2.45) is 4.99 Å². The van der Waals surface area contributed by atoms with Crippen LogP contribution in [-0.4, -0.2) is 6.34 Å². The van der Waals surface area contributed by atoms with E-state index < -0.39 is 0 Å². The molecule has 0 aromatic rings. The summed E-state index contributed by atoms with van der Waals surface area (Å²) in [5, 5.41) is 0. The third-order valence-electron chi connectivity index (χ3n) is 1.15. The molecule has 0 spiro atoms. The first-order valence-electron chi connectivity index (χ1n) is 3.91. The molecule has 2 N–H and O–H groups in total. The van der Waals surface area contributed by atoms with E-state index >= 15 is 0 Å². The van der Waals surface area contributed by atoms with Crippen molar-refractivity contribution in [3.63, 3.8) is 0 Å². The van der Waals surface area contributed by atoms with Crippen LogP contribution in [0.5, 0.6) is 0 Å². The van der Waals surface area contributed by atoms with Crippen LogP contribution in [0.3, 0.4) is 0 Å². The van der Waals surface area contributed by atoms with Gasteiger partial charge in [0.15, 0.2) is 0 Å². The van der Waals surface area contributed by atoms with Crippen LogP contribution in [0.15, 0.2) is 41.7 Å². The molecule has 0 aromatic heterocycles. The van der Waals surface area contributed by atoms with Crippen LogP contribution in [0.1, 0.15) is 13.8 Å². The Labute approximate surface area is 73.6 Å². The van der Waals surface area contributed by atoms with E-state index in [-0.39, 0.29) is 0 Å². The number of hydrogen-bond acceptors (Lipinski definition) is 3. The van der Waals surface area contributed by atoms with Gasteiger partial charge in [0.2, 0.25) is 0 Å². The SMILES string of the molecule is C=CC1=C(C=C)NNC=N1.CC. The van der Waals surface area contributed by atoms with Gasteiger partial charge in [-0.25, -0.2) is 4.99 Å². The minimum Gasteiger partial charge on any atom is -0.298 e. The lowest BCUT2D eigenvalue weighted by atomic mass is 10.3. The summed E-state index contributed by atoms with van der Waals surface area (Å²) in [4.78, 5) is 3.99. The van der Waals surface area contributed by atoms with Crippen LogP contribution in [-0.2, 0) is 0 Å². The van der Waals surface area contributed by atoms with Crippen molar-refractivity contribution in [1.29, 1.82) is 0 Å². The summed E-state index contributed by atoms with van der Waals surface area (Å²) in [6.45, 7) is 11.2. The highest BCUT2D eigenvalue weighted by molar-refractivity contribution is 5.59. The second-order valence-electron chi connectivity index (χ2n) is 1.73. The van der Waals surface area contributed by atoms with E-state index in [1.54, 1.807) is 18.5 Å². The van der Waals surface area contributed by atoms with Crippen molar-refractivity contribution in [2.75, 3.05) is 0 Å². The maximum atomic E-state index is 3.99. The molecule has 12 heavy (non-hydrogen) atoms. The summed E-state index contributed by atoms with van der Waals surface area (Å²) >= 11 is 0. The van der Waals surface area contributed by atoms with E-state index in [0.29, 0.717) is 0 Å². The van der Waals surface area contributed by atoms with Crippen LogP contribution in [0.4, 0.5) is 0 Å². The standard InChI is InChI=1S/C7H9N3.C2H6/c1-3-6-7(4-2)10-9-5-8-6;1-2/h3-5,10H,1-2H2,(H,8,9);1-2H3. The Balaban J connectivity index is 0.000000561. The maximum absolute atomic E-state index is 3.99. The summed E-state index contributed by atoms with van der Waals surface area (Å²) in [5.74, 6) is 0. The number of hydrazine groups is 1. The summed E-state index contributed by atoms with van der Waals surface area (Å²) < 4.78 is 0. The van der Waals surface area contributed by atoms with Crippen molar-refractivity contribution in [2.45, 2.75) is 13.8 Å². The predicted octanol–water partition coefficient (Wildman–Crippen LogP) is 1.73. The molecule has 0 aliphatic carbocycles. The van der Waals surface area contributed by atoms with Crippen LogP contribution >= 0.6 is 0 Å². The van der Waals surface area contributed by atoms with Crippen LogP contribution in [0.2, 0.25) is 0 Å². The maximum Gasteiger partial charge on any atom is 0.107 e. The lowest BCUT2D eigenvalue weighted by Gasteiger charge is -2.12. The average molecular weight is 165 g/mol. The zero-order chi connectivity index (χ0) is 9.40. The molecule has 0 unspecified atom stereocenters. The topological polar surface area (TPSA) is 36.4 Å². The molecule has 1 rings (SSSR count). The minimum absolute atomic E-state index is 0.800. The Bertz CT molecular complexity index is 214. The number of aliphatic imine (C=N–C) groups is 1. The number of nitrogens with one attached hydrogen (secondary N) is 2. The Morgan fingerprint density at radius 2 is 2.00 bits per heavy atom. The van der Waals surface area contributed by atoms with Gasteiger partial charge in [-0.1, -0.05) is 27.0 Å². The van der Waals surface area contributed by atoms with Crippen LogP contribution in [0.25, 0.3) is 0 Å². The monoisotopic (exact) mass is 165 g/mol. The number of nitrogens with zero attached hydrogens (tertiary/aromatic N) is 1. The van der Waals surface area contributed by atoms with Gasteiger partial charge >= 0.3 is 0 Å². The van der Waals surface area contributed by atoms with E-state index in [4.69, 9.17) is 0 Å². The van der Waals surface area contributed by atoms with E-state index in [2.05, 4.69) is 29.0 Å². The predicted molar refractivity (Wildman–Crippen MR) is 53.5 cm³/mol. The highest BCUT2D eigenvalue weighted by Gasteiger charge is 1.99. The Morgan fingerprint density at radius 1 is 1.33 bits per heavy atom.